The lowest BCUT2D eigenvalue weighted by Crippen LogP contribution is -2.16. The van der Waals surface area contributed by atoms with Crippen molar-refractivity contribution in [2.45, 2.75) is 13.0 Å². The molecule has 0 amide bonds. The van der Waals surface area contributed by atoms with Crippen LogP contribution in [0.5, 0.6) is 0 Å². The Morgan fingerprint density at radius 3 is 2.43 bits per heavy atom. The molecule has 5 nitrogen and oxygen atoms in total. The molecule has 1 aromatic carbocycles. The van der Waals surface area contributed by atoms with Gasteiger partial charge in [0.05, 0.1) is 18.1 Å². The third-order valence-electron chi connectivity index (χ3n) is 1.90. The number of nitro groups is 1. The molecular formula is C9H12N2O3. The zero-order valence-electron chi connectivity index (χ0n) is 8.06. The first-order chi connectivity index (χ1) is 6.65. The molecule has 0 fully saturated rings. The second-order valence-corrected chi connectivity index (χ2v) is 2.89. The van der Waals surface area contributed by atoms with Crippen LogP contribution in [0.4, 0.5) is 5.69 Å². The predicted octanol–water partition coefficient (Wildman–Crippen LogP) is 1.81. The molecule has 76 valence electrons. The third kappa shape index (κ3) is 2.51. The maximum atomic E-state index is 10.4. The van der Waals surface area contributed by atoms with Gasteiger partial charge in [0.15, 0.2) is 0 Å². The molecule has 5 heteroatoms. The molecule has 1 N–H and O–H groups in total. The summed E-state index contributed by atoms with van der Waals surface area (Å²) in [5.74, 6) is 0. The molecule has 0 saturated carbocycles. The fraction of sp³-hybridized carbons (Fsp3) is 0.333. The van der Waals surface area contributed by atoms with Crippen molar-refractivity contribution in [1.82, 2.24) is 5.48 Å². The van der Waals surface area contributed by atoms with E-state index in [0.29, 0.717) is 0 Å². The summed E-state index contributed by atoms with van der Waals surface area (Å²) in [6, 6.07) is 6.37. The lowest BCUT2D eigenvalue weighted by atomic mass is 10.1. The van der Waals surface area contributed by atoms with Gasteiger partial charge in [0.25, 0.3) is 5.69 Å². The van der Waals surface area contributed by atoms with E-state index < -0.39 is 4.92 Å². The van der Waals surface area contributed by atoms with Crippen LogP contribution in [0.25, 0.3) is 0 Å². The Kier molecular flexibility index (Phi) is 3.55. The van der Waals surface area contributed by atoms with Crippen molar-refractivity contribution >= 4 is 5.69 Å². The highest BCUT2D eigenvalue weighted by Crippen LogP contribution is 2.16. The molecule has 1 atom stereocenters. The number of hydroxylamine groups is 1. The van der Waals surface area contributed by atoms with Gasteiger partial charge in [-0.05, 0) is 12.5 Å². The summed E-state index contributed by atoms with van der Waals surface area (Å²) in [7, 11) is 1.53. The van der Waals surface area contributed by atoms with Crippen molar-refractivity contribution < 1.29 is 9.76 Å². The van der Waals surface area contributed by atoms with Gasteiger partial charge in [-0.25, -0.2) is 0 Å². The van der Waals surface area contributed by atoms with Crippen LogP contribution in [-0.2, 0) is 4.84 Å². The smallest absolute Gasteiger partial charge is 0.269 e. The molecular weight excluding hydrogens is 184 g/mol. The van der Waals surface area contributed by atoms with Gasteiger partial charge in [-0.15, -0.1) is 0 Å². The molecule has 1 unspecified atom stereocenters. The first kappa shape index (κ1) is 10.6. The minimum atomic E-state index is -0.418. The van der Waals surface area contributed by atoms with Crippen molar-refractivity contribution in [3.8, 4) is 0 Å². The maximum absolute atomic E-state index is 10.4. The Morgan fingerprint density at radius 1 is 1.43 bits per heavy atom. The van der Waals surface area contributed by atoms with Gasteiger partial charge in [-0.3, -0.25) is 10.1 Å². The minimum Gasteiger partial charge on any atom is -0.305 e. The molecule has 0 aliphatic heterocycles. The van der Waals surface area contributed by atoms with Crippen LogP contribution in [0.15, 0.2) is 24.3 Å². The fourth-order valence-electron chi connectivity index (χ4n) is 1.13. The van der Waals surface area contributed by atoms with E-state index in [1.807, 2.05) is 6.92 Å². The van der Waals surface area contributed by atoms with Crippen molar-refractivity contribution in [3.05, 3.63) is 39.9 Å². The summed E-state index contributed by atoms with van der Waals surface area (Å²) in [4.78, 5) is 14.7. The van der Waals surface area contributed by atoms with Crippen molar-refractivity contribution in [2.75, 3.05) is 7.11 Å². The zero-order chi connectivity index (χ0) is 10.6. The van der Waals surface area contributed by atoms with Crippen molar-refractivity contribution in [3.63, 3.8) is 0 Å². The number of nitro benzene ring substituents is 1. The molecule has 0 aromatic heterocycles. The van der Waals surface area contributed by atoms with Crippen molar-refractivity contribution in [1.29, 1.82) is 0 Å². The molecule has 0 aliphatic carbocycles. The molecule has 0 heterocycles. The average molecular weight is 196 g/mol. The van der Waals surface area contributed by atoms with Gasteiger partial charge in [-0.1, -0.05) is 12.1 Å². The summed E-state index contributed by atoms with van der Waals surface area (Å²) < 4.78 is 0. The number of hydrogen-bond donors (Lipinski definition) is 1. The Bertz CT molecular complexity index is 310. The van der Waals surface area contributed by atoms with E-state index in [0.717, 1.165) is 5.56 Å². The monoisotopic (exact) mass is 196 g/mol. The van der Waals surface area contributed by atoms with E-state index in [2.05, 4.69) is 5.48 Å². The largest absolute Gasteiger partial charge is 0.305 e. The number of nitrogens with one attached hydrogen (secondary N) is 1. The van der Waals surface area contributed by atoms with Gasteiger partial charge in [-0.2, -0.15) is 5.48 Å². The van der Waals surface area contributed by atoms with Crippen LogP contribution in [0.3, 0.4) is 0 Å². The van der Waals surface area contributed by atoms with Crippen LogP contribution >= 0.6 is 0 Å². The first-order valence-corrected chi connectivity index (χ1v) is 4.18. The lowest BCUT2D eigenvalue weighted by Gasteiger charge is -2.11. The molecule has 0 radical (unpaired) electrons. The number of non-ortho nitro benzene ring substituents is 1. The second kappa shape index (κ2) is 4.69. The molecule has 0 aliphatic rings. The van der Waals surface area contributed by atoms with Gasteiger partial charge in [0.1, 0.15) is 0 Å². The van der Waals surface area contributed by atoms with Crippen LogP contribution in [0.2, 0.25) is 0 Å². The SMILES string of the molecule is CONC(C)c1ccc([N+](=O)[O-])cc1. The van der Waals surface area contributed by atoms with Gasteiger partial charge in [0.2, 0.25) is 0 Å². The van der Waals surface area contributed by atoms with Crippen molar-refractivity contribution in [2.24, 2.45) is 0 Å². The summed E-state index contributed by atoms with van der Waals surface area (Å²) in [6.45, 7) is 1.91. The Labute approximate surface area is 81.8 Å². The lowest BCUT2D eigenvalue weighted by molar-refractivity contribution is -0.384. The van der Waals surface area contributed by atoms with Gasteiger partial charge in [0, 0.05) is 12.1 Å². The number of rotatable bonds is 4. The normalized spacial score (nSPS) is 12.4. The quantitative estimate of drug-likeness (QED) is 0.589. The molecule has 0 bridgehead atoms. The van der Waals surface area contributed by atoms with E-state index in [1.54, 1.807) is 12.1 Å². The molecule has 14 heavy (non-hydrogen) atoms. The Hall–Kier alpha value is -1.46. The number of benzene rings is 1. The van der Waals surface area contributed by atoms with E-state index in [-0.39, 0.29) is 11.7 Å². The number of hydrogen-bond acceptors (Lipinski definition) is 4. The van der Waals surface area contributed by atoms with Crippen LogP contribution in [0, 0.1) is 10.1 Å². The highest BCUT2D eigenvalue weighted by molar-refractivity contribution is 5.33. The standard InChI is InChI=1S/C9H12N2O3/c1-7(10-14-2)8-3-5-9(6-4-8)11(12)13/h3-7,10H,1-2H3. The minimum absolute atomic E-state index is 0.0146. The predicted molar refractivity (Wildman–Crippen MR) is 51.7 cm³/mol. The maximum Gasteiger partial charge on any atom is 0.269 e. The van der Waals surface area contributed by atoms with Crippen LogP contribution in [-0.4, -0.2) is 12.0 Å². The zero-order valence-corrected chi connectivity index (χ0v) is 8.06. The molecule has 0 saturated heterocycles. The van der Waals surface area contributed by atoms with E-state index >= 15 is 0 Å². The average Bonchev–Trinajstić information content (AvgIpc) is 2.18. The highest BCUT2D eigenvalue weighted by atomic mass is 16.6. The summed E-state index contributed by atoms with van der Waals surface area (Å²) in [5, 5.41) is 10.4. The second-order valence-electron chi connectivity index (χ2n) is 2.89. The fourth-order valence-corrected chi connectivity index (χ4v) is 1.13. The molecule has 1 rings (SSSR count). The Balaban J connectivity index is 2.77. The van der Waals surface area contributed by atoms with Crippen LogP contribution < -0.4 is 5.48 Å². The molecule has 1 aromatic rings. The summed E-state index contributed by atoms with van der Waals surface area (Å²) in [6.07, 6.45) is 0. The van der Waals surface area contributed by atoms with Crippen LogP contribution in [0.1, 0.15) is 18.5 Å². The third-order valence-corrected chi connectivity index (χ3v) is 1.90. The summed E-state index contributed by atoms with van der Waals surface area (Å²) >= 11 is 0. The van der Waals surface area contributed by atoms with Gasteiger partial charge >= 0.3 is 0 Å². The topological polar surface area (TPSA) is 64.4 Å². The first-order valence-electron chi connectivity index (χ1n) is 4.18. The summed E-state index contributed by atoms with van der Waals surface area (Å²) in [5.41, 5.74) is 3.78. The highest BCUT2D eigenvalue weighted by Gasteiger charge is 2.07. The Morgan fingerprint density at radius 2 is 2.00 bits per heavy atom. The molecule has 0 spiro atoms. The van der Waals surface area contributed by atoms with E-state index in [9.17, 15) is 10.1 Å². The van der Waals surface area contributed by atoms with E-state index in [4.69, 9.17) is 4.84 Å². The van der Waals surface area contributed by atoms with E-state index in [1.165, 1.54) is 19.2 Å². The number of nitrogens with zero attached hydrogens (tertiary/aromatic N) is 1. The van der Waals surface area contributed by atoms with Gasteiger partial charge < -0.3 is 4.84 Å².